The number of rotatable bonds is 3. The number of carbonyl (C=O) groups excluding carboxylic acids is 1. The van der Waals surface area contributed by atoms with Gasteiger partial charge in [-0.2, -0.15) is 0 Å². The summed E-state index contributed by atoms with van der Waals surface area (Å²) in [4.78, 5) is 24.4. The number of carbonyl (C=O) groups is 2. The molecule has 1 saturated heterocycles. The summed E-state index contributed by atoms with van der Waals surface area (Å²) in [5.74, 6) is -0.791. The number of nitrogens with zero attached hydrogens (tertiary/aromatic N) is 1. The minimum atomic E-state index is -1.05. The third-order valence-corrected chi connectivity index (χ3v) is 3.84. The molecule has 0 bridgehead atoms. The number of benzene rings is 1. The number of anilines is 2. The van der Waals surface area contributed by atoms with E-state index in [4.69, 9.17) is 10.8 Å². The number of nitrogen functional groups attached to an aromatic ring is 1. The van der Waals surface area contributed by atoms with E-state index >= 15 is 0 Å². The first kappa shape index (κ1) is 12.9. The number of hydrogen-bond acceptors (Lipinski definition) is 3. The van der Waals surface area contributed by atoms with Crippen molar-refractivity contribution >= 4 is 39.2 Å². The zero-order valence-corrected chi connectivity index (χ0v) is 11.2. The van der Waals surface area contributed by atoms with Crippen LogP contribution in [0, 0.1) is 5.92 Å². The van der Waals surface area contributed by atoms with Gasteiger partial charge in [0.15, 0.2) is 0 Å². The van der Waals surface area contributed by atoms with E-state index in [2.05, 4.69) is 15.9 Å². The Hall–Kier alpha value is -1.56. The second-order valence-electron chi connectivity index (χ2n) is 4.35. The van der Waals surface area contributed by atoms with Crippen LogP contribution in [0.25, 0.3) is 0 Å². The van der Waals surface area contributed by atoms with Gasteiger partial charge in [0, 0.05) is 29.7 Å². The van der Waals surface area contributed by atoms with Crippen molar-refractivity contribution in [2.45, 2.75) is 6.42 Å². The number of nitrogens with two attached hydrogens (primary N) is 1. The summed E-state index contributed by atoms with van der Waals surface area (Å²) in [6, 6.07) is 4.49. The normalized spacial score (nSPS) is 19.3. The molecule has 0 saturated carbocycles. The minimum absolute atomic E-state index is 0.00129. The summed E-state index contributed by atoms with van der Waals surface area (Å²) in [5.41, 5.74) is 6.67. The lowest BCUT2D eigenvalue weighted by atomic mass is 10.1. The molecule has 5 nitrogen and oxygen atoms in total. The van der Waals surface area contributed by atoms with Gasteiger partial charge in [-0.15, -0.1) is 0 Å². The van der Waals surface area contributed by atoms with Crippen molar-refractivity contribution in [2.75, 3.05) is 22.5 Å². The Kier molecular flexibility index (Phi) is 3.56. The summed E-state index contributed by atoms with van der Waals surface area (Å²) in [6.45, 7) is 0.590. The van der Waals surface area contributed by atoms with Gasteiger partial charge >= 0.3 is 5.97 Å². The summed E-state index contributed by atoms with van der Waals surface area (Å²) >= 11 is 3.36. The molecule has 2 rings (SSSR count). The van der Waals surface area contributed by atoms with Gasteiger partial charge in [0.2, 0.25) is 5.91 Å². The van der Waals surface area contributed by atoms with E-state index in [-0.39, 0.29) is 17.4 Å². The molecule has 0 aliphatic carbocycles. The molecular weight excluding hydrogens is 300 g/mol. The molecular formula is C12H13BrN2O3. The number of amides is 1. The molecule has 1 amide bonds. The van der Waals surface area contributed by atoms with Crippen LogP contribution < -0.4 is 10.6 Å². The Morgan fingerprint density at radius 2 is 2.22 bits per heavy atom. The Morgan fingerprint density at radius 3 is 2.78 bits per heavy atom. The van der Waals surface area contributed by atoms with Crippen molar-refractivity contribution in [3.8, 4) is 0 Å². The van der Waals surface area contributed by atoms with Crippen molar-refractivity contribution in [2.24, 2.45) is 5.92 Å². The molecule has 1 heterocycles. The molecule has 1 fully saturated rings. The van der Waals surface area contributed by atoms with Gasteiger partial charge in [-0.1, -0.05) is 15.9 Å². The largest absolute Gasteiger partial charge is 0.478 e. The van der Waals surface area contributed by atoms with Crippen molar-refractivity contribution < 1.29 is 14.7 Å². The van der Waals surface area contributed by atoms with E-state index in [1.165, 1.54) is 12.1 Å². The zero-order valence-electron chi connectivity index (χ0n) is 9.60. The fourth-order valence-corrected chi connectivity index (χ4v) is 2.48. The molecule has 6 heteroatoms. The predicted octanol–water partition coefficient (Wildman–Crippen LogP) is 1.71. The average Bonchev–Trinajstić information content (AvgIpc) is 2.69. The molecule has 18 heavy (non-hydrogen) atoms. The first-order valence-electron chi connectivity index (χ1n) is 5.51. The summed E-state index contributed by atoms with van der Waals surface area (Å²) in [6.07, 6.45) is 0.475. The first-order valence-corrected chi connectivity index (χ1v) is 6.63. The lowest BCUT2D eigenvalue weighted by Gasteiger charge is -2.17. The standard InChI is InChI=1S/C12H13BrN2O3/c13-5-7-1-11(16)15(6-7)10-3-8(12(17)18)2-9(14)4-10/h2-4,7H,1,5-6,14H2,(H,17,18). The van der Waals surface area contributed by atoms with E-state index in [0.29, 0.717) is 24.3 Å². The fourth-order valence-electron chi connectivity index (χ4n) is 2.05. The van der Waals surface area contributed by atoms with Crippen LogP contribution in [-0.2, 0) is 4.79 Å². The fraction of sp³-hybridized carbons (Fsp3) is 0.333. The summed E-state index contributed by atoms with van der Waals surface area (Å²) < 4.78 is 0. The van der Waals surface area contributed by atoms with E-state index in [1.54, 1.807) is 11.0 Å². The highest BCUT2D eigenvalue weighted by atomic mass is 79.9. The maximum Gasteiger partial charge on any atom is 0.335 e. The molecule has 0 radical (unpaired) electrons. The number of carboxylic acids is 1. The van der Waals surface area contributed by atoms with Crippen LogP contribution in [0.5, 0.6) is 0 Å². The van der Waals surface area contributed by atoms with Gasteiger partial charge in [-0.3, -0.25) is 4.79 Å². The van der Waals surface area contributed by atoms with Gasteiger partial charge in [0.1, 0.15) is 0 Å². The van der Waals surface area contributed by atoms with E-state index < -0.39 is 5.97 Å². The van der Waals surface area contributed by atoms with E-state index in [1.807, 2.05) is 0 Å². The molecule has 1 unspecified atom stereocenters. The van der Waals surface area contributed by atoms with Gasteiger partial charge in [-0.05, 0) is 24.1 Å². The van der Waals surface area contributed by atoms with Crippen molar-refractivity contribution in [1.29, 1.82) is 0 Å². The Labute approximate surface area is 113 Å². The number of hydrogen-bond donors (Lipinski definition) is 2. The van der Waals surface area contributed by atoms with Crippen LogP contribution in [0.4, 0.5) is 11.4 Å². The summed E-state index contributed by atoms with van der Waals surface area (Å²) in [7, 11) is 0. The highest BCUT2D eigenvalue weighted by Gasteiger charge is 2.30. The van der Waals surface area contributed by atoms with Gasteiger partial charge in [-0.25, -0.2) is 4.79 Å². The molecule has 1 aliphatic heterocycles. The molecule has 1 aliphatic rings. The van der Waals surface area contributed by atoms with Crippen LogP contribution in [0.1, 0.15) is 16.8 Å². The second-order valence-corrected chi connectivity index (χ2v) is 4.99. The Balaban J connectivity index is 2.34. The van der Waals surface area contributed by atoms with Crippen molar-refractivity contribution in [3.05, 3.63) is 23.8 Å². The first-order chi connectivity index (χ1) is 8.51. The third kappa shape index (κ3) is 2.48. The van der Waals surface area contributed by atoms with Gasteiger partial charge in [0.25, 0.3) is 0 Å². The molecule has 1 aromatic rings. The number of halogens is 1. The average molecular weight is 313 g/mol. The molecule has 3 N–H and O–H groups in total. The highest BCUT2D eigenvalue weighted by molar-refractivity contribution is 9.09. The van der Waals surface area contributed by atoms with Gasteiger partial charge < -0.3 is 15.7 Å². The van der Waals surface area contributed by atoms with Crippen LogP contribution in [-0.4, -0.2) is 28.9 Å². The number of carboxylic acid groups (broad SMARTS) is 1. The lowest BCUT2D eigenvalue weighted by molar-refractivity contribution is -0.117. The molecule has 96 valence electrons. The second kappa shape index (κ2) is 4.97. The highest BCUT2D eigenvalue weighted by Crippen LogP contribution is 2.28. The van der Waals surface area contributed by atoms with Crippen LogP contribution in [0.3, 0.4) is 0 Å². The third-order valence-electron chi connectivity index (χ3n) is 2.92. The monoisotopic (exact) mass is 312 g/mol. The molecule has 1 aromatic carbocycles. The predicted molar refractivity (Wildman–Crippen MR) is 72.1 cm³/mol. The molecule has 1 atom stereocenters. The van der Waals surface area contributed by atoms with E-state index in [9.17, 15) is 9.59 Å². The summed E-state index contributed by atoms with van der Waals surface area (Å²) in [5, 5.41) is 9.73. The van der Waals surface area contributed by atoms with E-state index in [0.717, 1.165) is 5.33 Å². The maximum absolute atomic E-state index is 11.9. The van der Waals surface area contributed by atoms with Crippen LogP contribution in [0.15, 0.2) is 18.2 Å². The quantitative estimate of drug-likeness (QED) is 0.657. The maximum atomic E-state index is 11.9. The topological polar surface area (TPSA) is 83.6 Å². The Morgan fingerprint density at radius 1 is 1.50 bits per heavy atom. The van der Waals surface area contributed by atoms with Crippen LogP contribution in [0.2, 0.25) is 0 Å². The van der Waals surface area contributed by atoms with Crippen molar-refractivity contribution in [1.82, 2.24) is 0 Å². The number of aromatic carboxylic acids is 1. The van der Waals surface area contributed by atoms with Crippen LogP contribution >= 0.6 is 15.9 Å². The SMILES string of the molecule is Nc1cc(C(=O)O)cc(N2CC(CBr)CC2=O)c1. The smallest absolute Gasteiger partial charge is 0.335 e. The molecule has 0 aromatic heterocycles. The minimum Gasteiger partial charge on any atom is -0.478 e. The van der Waals surface area contributed by atoms with Crippen molar-refractivity contribution in [3.63, 3.8) is 0 Å². The lowest BCUT2D eigenvalue weighted by Crippen LogP contribution is -2.25. The Bertz CT molecular complexity index is 504. The number of alkyl halides is 1. The zero-order chi connectivity index (χ0) is 13.3. The van der Waals surface area contributed by atoms with Gasteiger partial charge in [0.05, 0.1) is 5.56 Å². The molecule has 0 spiro atoms.